The molecular weight excluding hydrogens is 250 g/mol. The van der Waals surface area contributed by atoms with E-state index in [1.807, 2.05) is 43.6 Å². The lowest BCUT2D eigenvalue weighted by Crippen LogP contribution is -2.08. The first-order chi connectivity index (χ1) is 8.61. The zero-order chi connectivity index (χ0) is 13.1. The quantitative estimate of drug-likeness (QED) is 0.794. The number of nitrogens with zero attached hydrogens (tertiary/aromatic N) is 1. The van der Waals surface area contributed by atoms with Crippen LogP contribution in [-0.2, 0) is 11.8 Å². The van der Waals surface area contributed by atoms with E-state index < -0.39 is 0 Å². The van der Waals surface area contributed by atoms with Crippen molar-refractivity contribution in [2.75, 3.05) is 6.61 Å². The van der Waals surface area contributed by atoms with Gasteiger partial charge in [0.25, 0.3) is 0 Å². The third kappa shape index (κ3) is 2.57. The van der Waals surface area contributed by atoms with Crippen LogP contribution in [0.15, 0.2) is 36.5 Å². The number of aryl methyl sites for hydroxylation is 1. The van der Waals surface area contributed by atoms with Gasteiger partial charge in [-0.05, 0) is 30.7 Å². The zero-order valence-electron chi connectivity index (χ0n) is 10.3. The van der Waals surface area contributed by atoms with E-state index in [9.17, 15) is 4.79 Å². The third-order valence-corrected chi connectivity index (χ3v) is 2.92. The molecule has 2 rings (SSSR count). The summed E-state index contributed by atoms with van der Waals surface area (Å²) in [4.78, 5) is 11.7. The van der Waals surface area contributed by atoms with Gasteiger partial charge in [0.15, 0.2) is 0 Å². The first kappa shape index (κ1) is 12.7. The van der Waals surface area contributed by atoms with Crippen LogP contribution in [0.4, 0.5) is 0 Å². The fourth-order valence-corrected chi connectivity index (χ4v) is 1.90. The fourth-order valence-electron chi connectivity index (χ4n) is 1.77. The fraction of sp³-hybridized carbons (Fsp3) is 0.214. The van der Waals surface area contributed by atoms with E-state index in [1.165, 1.54) is 0 Å². The van der Waals surface area contributed by atoms with E-state index in [1.54, 1.807) is 11.5 Å². The van der Waals surface area contributed by atoms with E-state index in [2.05, 4.69) is 0 Å². The van der Waals surface area contributed by atoms with Gasteiger partial charge >= 0.3 is 5.97 Å². The molecule has 0 saturated heterocycles. The average Bonchev–Trinajstić information content (AvgIpc) is 2.72. The second kappa shape index (κ2) is 5.27. The minimum absolute atomic E-state index is 0.305. The van der Waals surface area contributed by atoms with Crippen molar-refractivity contribution < 1.29 is 9.53 Å². The average molecular weight is 264 g/mol. The molecule has 0 aliphatic carbocycles. The molecule has 94 valence electrons. The first-order valence-electron chi connectivity index (χ1n) is 5.71. The highest BCUT2D eigenvalue weighted by Crippen LogP contribution is 2.23. The summed E-state index contributed by atoms with van der Waals surface area (Å²) in [6.07, 6.45) is 1.90. The standard InChI is InChI=1S/C14H14ClNO2/c1-3-18-14(17)13-8-11(9-16(13)2)10-4-6-12(15)7-5-10/h4-9H,3H2,1-2H3. The van der Waals surface area contributed by atoms with Gasteiger partial charge in [0, 0.05) is 23.8 Å². The molecule has 1 heterocycles. The Balaban J connectivity index is 2.34. The van der Waals surface area contributed by atoms with Crippen molar-refractivity contribution in [2.24, 2.45) is 7.05 Å². The monoisotopic (exact) mass is 263 g/mol. The maximum atomic E-state index is 11.7. The predicted octanol–water partition coefficient (Wildman–Crippen LogP) is 3.52. The van der Waals surface area contributed by atoms with Gasteiger partial charge < -0.3 is 9.30 Å². The second-order valence-electron chi connectivity index (χ2n) is 3.95. The van der Waals surface area contributed by atoms with Gasteiger partial charge in [-0.3, -0.25) is 0 Å². The number of hydrogen-bond acceptors (Lipinski definition) is 2. The molecule has 0 unspecified atom stereocenters. The number of rotatable bonds is 3. The minimum atomic E-state index is -0.305. The van der Waals surface area contributed by atoms with Crippen molar-refractivity contribution in [2.45, 2.75) is 6.92 Å². The van der Waals surface area contributed by atoms with E-state index >= 15 is 0 Å². The van der Waals surface area contributed by atoms with Crippen LogP contribution in [0, 0.1) is 0 Å². The zero-order valence-corrected chi connectivity index (χ0v) is 11.1. The van der Waals surface area contributed by atoms with Gasteiger partial charge in [0.1, 0.15) is 5.69 Å². The van der Waals surface area contributed by atoms with Crippen LogP contribution >= 0.6 is 11.6 Å². The number of carbonyl (C=O) groups excluding carboxylic acids is 1. The summed E-state index contributed by atoms with van der Waals surface area (Å²) in [6, 6.07) is 9.32. The summed E-state index contributed by atoms with van der Waals surface area (Å²) >= 11 is 5.85. The highest BCUT2D eigenvalue weighted by atomic mass is 35.5. The number of carbonyl (C=O) groups is 1. The molecule has 0 bridgehead atoms. The molecule has 0 radical (unpaired) electrons. The van der Waals surface area contributed by atoms with Crippen molar-refractivity contribution in [1.82, 2.24) is 4.57 Å². The van der Waals surface area contributed by atoms with Crippen LogP contribution in [0.2, 0.25) is 5.02 Å². The van der Waals surface area contributed by atoms with Gasteiger partial charge in [-0.1, -0.05) is 23.7 Å². The topological polar surface area (TPSA) is 31.2 Å². The summed E-state index contributed by atoms with van der Waals surface area (Å²) < 4.78 is 6.76. The van der Waals surface area contributed by atoms with Gasteiger partial charge in [-0.25, -0.2) is 4.79 Å². The van der Waals surface area contributed by atoms with Crippen molar-refractivity contribution in [1.29, 1.82) is 0 Å². The Morgan fingerprint density at radius 3 is 2.56 bits per heavy atom. The lowest BCUT2D eigenvalue weighted by Gasteiger charge is -2.01. The summed E-state index contributed by atoms with van der Waals surface area (Å²) in [5.74, 6) is -0.305. The molecule has 3 nitrogen and oxygen atoms in total. The van der Waals surface area contributed by atoms with Gasteiger partial charge in [-0.15, -0.1) is 0 Å². The third-order valence-electron chi connectivity index (χ3n) is 2.67. The van der Waals surface area contributed by atoms with Crippen LogP contribution in [0.25, 0.3) is 11.1 Å². The van der Waals surface area contributed by atoms with E-state index in [-0.39, 0.29) is 5.97 Å². The normalized spacial score (nSPS) is 10.4. The molecule has 2 aromatic rings. The first-order valence-corrected chi connectivity index (χ1v) is 6.09. The molecule has 1 aromatic carbocycles. The summed E-state index contributed by atoms with van der Waals surface area (Å²) in [7, 11) is 1.83. The number of halogens is 1. The van der Waals surface area contributed by atoms with Gasteiger partial charge in [-0.2, -0.15) is 0 Å². The Hall–Kier alpha value is -1.74. The molecular formula is C14H14ClNO2. The predicted molar refractivity (Wildman–Crippen MR) is 71.8 cm³/mol. The smallest absolute Gasteiger partial charge is 0.354 e. The summed E-state index contributed by atoms with van der Waals surface area (Å²) in [6.45, 7) is 2.17. The molecule has 0 amide bonds. The van der Waals surface area contributed by atoms with Crippen LogP contribution in [-0.4, -0.2) is 17.1 Å². The van der Waals surface area contributed by atoms with Crippen molar-refractivity contribution >= 4 is 17.6 Å². The van der Waals surface area contributed by atoms with Crippen molar-refractivity contribution in [3.05, 3.63) is 47.2 Å². The number of hydrogen-bond donors (Lipinski definition) is 0. The van der Waals surface area contributed by atoms with Gasteiger partial charge in [0.2, 0.25) is 0 Å². The van der Waals surface area contributed by atoms with Crippen LogP contribution in [0.3, 0.4) is 0 Å². The number of ether oxygens (including phenoxy) is 1. The molecule has 0 spiro atoms. The molecule has 0 saturated carbocycles. The molecule has 1 aromatic heterocycles. The molecule has 4 heteroatoms. The van der Waals surface area contributed by atoms with Crippen LogP contribution in [0.1, 0.15) is 17.4 Å². The SMILES string of the molecule is CCOC(=O)c1cc(-c2ccc(Cl)cc2)cn1C. The molecule has 0 fully saturated rings. The number of esters is 1. The molecule has 0 atom stereocenters. The van der Waals surface area contributed by atoms with E-state index in [4.69, 9.17) is 16.3 Å². The van der Waals surface area contributed by atoms with Gasteiger partial charge in [0.05, 0.1) is 6.61 Å². The Kier molecular flexibility index (Phi) is 3.72. The maximum Gasteiger partial charge on any atom is 0.354 e. The maximum absolute atomic E-state index is 11.7. The van der Waals surface area contributed by atoms with E-state index in [0.29, 0.717) is 17.3 Å². The molecule has 0 N–H and O–H groups in total. The van der Waals surface area contributed by atoms with Crippen molar-refractivity contribution in [3.8, 4) is 11.1 Å². The Bertz CT molecular complexity index is 558. The molecule has 18 heavy (non-hydrogen) atoms. The Morgan fingerprint density at radius 1 is 1.28 bits per heavy atom. The van der Waals surface area contributed by atoms with Crippen molar-refractivity contribution in [3.63, 3.8) is 0 Å². The molecule has 0 aliphatic rings. The number of aromatic nitrogens is 1. The van der Waals surface area contributed by atoms with E-state index in [0.717, 1.165) is 11.1 Å². The minimum Gasteiger partial charge on any atom is -0.461 e. The van der Waals surface area contributed by atoms with Crippen LogP contribution < -0.4 is 0 Å². The Labute approximate surface area is 111 Å². The second-order valence-corrected chi connectivity index (χ2v) is 4.39. The largest absolute Gasteiger partial charge is 0.461 e. The lowest BCUT2D eigenvalue weighted by atomic mass is 10.1. The summed E-state index contributed by atoms with van der Waals surface area (Å²) in [5.41, 5.74) is 2.53. The highest BCUT2D eigenvalue weighted by Gasteiger charge is 2.13. The van der Waals surface area contributed by atoms with Crippen LogP contribution in [0.5, 0.6) is 0 Å². The highest BCUT2D eigenvalue weighted by molar-refractivity contribution is 6.30. The molecule has 0 aliphatic heterocycles. The number of benzene rings is 1. The lowest BCUT2D eigenvalue weighted by molar-refractivity contribution is 0.0515. The Morgan fingerprint density at radius 2 is 1.94 bits per heavy atom. The summed E-state index contributed by atoms with van der Waals surface area (Å²) in [5, 5.41) is 0.695.